The summed E-state index contributed by atoms with van der Waals surface area (Å²) < 4.78 is 0. The minimum Gasteiger partial charge on any atom is -0.300 e. The van der Waals surface area contributed by atoms with Crippen LogP contribution in [0.5, 0.6) is 0 Å². The summed E-state index contributed by atoms with van der Waals surface area (Å²) in [6.45, 7) is 4.29. The fourth-order valence-electron chi connectivity index (χ4n) is 3.21. The van der Waals surface area contributed by atoms with Gasteiger partial charge in [-0.25, -0.2) is 0 Å². The first kappa shape index (κ1) is 9.83. The number of ketones is 1. The van der Waals surface area contributed by atoms with E-state index in [0.717, 1.165) is 32.1 Å². The maximum Gasteiger partial charge on any atom is 0.132 e. The number of benzene rings is 1. The van der Waals surface area contributed by atoms with Gasteiger partial charge in [0, 0.05) is 18.3 Å². The molecule has 2 aliphatic carbocycles. The van der Waals surface area contributed by atoms with E-state index < -0.39 is 0 Å². The highest BCUT2D eigenvalue weighted by molar-refractivity contribution is 5.83. The van der Waals surface area contributed by atoms with Crippen molar-refractivity contribution >= 4 is 11.4 Å². The maximum absolute atomic E-state index is 11.4. The first-order chi connectivity index (χ1) is 7.71. The van der Waals surface area contributed by atoms with Crippen molar-refractivity contribution in [3.05, 3.63) is 42.0 Å². The number of carbonyl (C=O) groups excluding carboxylic acids is 1. The van der Waals surface area contributed by atoms with Crippen LogP contribution in [-0.4, -0.2) is 5.78 Å². The van der Waals surface area contributed by atoms with E-state index in [1.54, 1.807) is 0 Å². The van der Waals surface area contributed by atoms with Gasteiger partial charge in [-0.3, -0.25) is 4.79 Å². The van der Waals surface area contributed by atoms with Crippen molar-refractivity contribution in [2.45, 2.75) is 32.1 Å². The molecule has 0 saturated heterocycles. The second-order valence-corrected chi connectivity index (χ2v) is 5.13. The molecule has 16 heavy (non-hydrogen) atoms. The highest BCUT2D eigenvalue weighted by atomic mass is 16.1. The zero-order chi connectivity index (χ0) is 11.2. The molecule has 0 amide bonds. The quantitative estimate of drug-likeness (QED) is 0.644. The Morgan fingerprint density at radius 1 is 1.12 bits per heavy atom. The summed E-state index contributed by atoms with van der Waals surface area (Å²) >= 11 is 0. The van der Waals surface area contributed by atoms with Gasteiger partial charge < -0.3 is 0 Å². The first-order valence-corrected chi connectivity index (χ1v) is 6.01. The van der Waals surface area contributed by atoms with Gasteiger partial charge in [0.2, 0.25) is 0 Å². The molecule has 1 fully saturated rings. The molecule has 1 aromatic rings. The minimum absolute atomic E-state index is 0.206. The fourth-order valence-corrected chi connectivity index (χ4v) is 3.21. The number of Topliss-reactive ketones (excluding diaryl/α,β-unsaturated/α-hetero) is 1. The van der Waals surface area contributed by atoms with Gasteiger partial charge in [-0.05, 0) is 36.0 Å². The van der Waals surface area contributed by atoms with Crippen molar-refractivity contribution in [1.82, 2.24) is 0 Å². The predicted octanol–water partition coefficient (Wildman–Crippen LogP) is 3.39. The standard InChI is InChI=1S/C15H16O/c1-11-14-5-3-2-4-12(14)10-15(11)8-6-13(16)7-9-15/h2-5H,1,6-10H2. The van der Waals surface area contributed by atoms with Crippen LogP contribution in [0.1, 0.15) is 36.8 Å². The number of hydrogen-bond acceptors (Lipinski definition) is 1. The predicted molar refractivity (Wildman–Crippen MR) is 65.1 cm³/mol. The van der Waals surface area contributed by atoms with E-state index in [4.69, 9.17) is 0 Å². The normalized spacial score (nSPS) is 22.5. The highest BCUT2D eigenvalue weighted by Crippen LogP contribution is 2.53. The van der Waals surface area contributed by atoms with Crippen LogP contribution in [0.25, 0.3) is 5.57 Å². The van der Waals surface area contributed by atoms with E-state index in [1.807, 2.05) is 0 Å². The van der Waals surface area contributed by atoms with E-state index in [0.29, 0.717) is 5.78 Å². The molecule has 0 aromatic heterocycles. The van der Waals surface area contributed by atoms with Crippen molar-refractivity contribution in [2.75, 3.05) is 0 Å². The Labute approximate surface area is 96.2 Å². The van der Waals surface area contributed by atoms with Gasteiger partial charge in [-0.15, -0.1) is 0 Å². The topological polar surface area (TPSA) is 17.1 Å². The van der Waals surface area contributed by atoms with Crippen LogP contribution in [0.15, 0.2) is 30.8 Å². The third-order valence-corrected chi connectivity index (χ3v) is 4.28. The number of carbonyl (C=O) groups is 1. The Bertz CT molecular complexity index is 460. The van der Waals surface area contributed by atoms with Crippen LogP contribution < -0.4 is 0 Å². The molecular formula is C15H16O. The summed E-state index contributed by atoms with van der Waals surface area (Å²) in [5, 5.41) is 0. The molecule has 1 heteroatoms. The molecule has 3 rings (SSSR count). The Morgan fingerprint density at radius 2 is 1.81 bits per heavy atom. The molecule has 0 N–H and O–H groups in total. The summed E-state index contributed by atoms with van der Waals surface area (Å²) in [5.41, 5.74) is 4.23. The fraction of sp³-hybridized carbons (Fsp3) is 0.400. The Hall–Kier alpha value is -1.37. The van der Waals surface area contributed by atoms with Gasteiger partial charge in [-0.1, -0.05) is 30.8 Å². The summed E-state index contributed by atoms with van der Waals surface area (Å²) in [7, 11) is 0. The number of allylic oxidation sites excluding steroid dienone is 1. The zero-order valence-electron chi connectivity index (χ0n) is 9.46. The van der Waals surface area contributed by atoms with Gasteiger partial charge >= 0.3 is 0 Å². The van der Waals surface area contributed by atoms with Gasteiger partial charge in [0.05, 0.1) is 0 Å². The average molecular weight is 212 g/mol. The van der Waals surface area contributed by atoms with Crippen molar-refractivity contribution < 1.29 is 4.79 Å². The molecule has 0 aliphatic heterocycles. The molecule has 0 unspecified atom stereocenters. The maximum atomic E-state index is 11.4. The summed E-state index contributed by atoms with van der Waals surface area (Å²) in [6, 6.07) is 8.55. The number of hydrogen-bond donors (Lipinski definition) is 0. The van der Waals surface area contributed by atoms with Gasteiger partial charge in [-0.2, -0.15) is 0 Å². The molecule has 1 saturated carbocycles. The molecule has 82 valence electrons. The van der Waals surface area contributed by atoms with E-state index in [1.165, 1.54) is 16.7 Å². The first-order valence-electron chi connectivity index (χ1n) is 6.01. The third kappa shape index (κ3) is 1.27. The van der Waals surface area contributed by atoms with Crippen LogP contribution in [0.2, 0.25) is 0 Å². The second kappa shape index (κ2) is 3.31. The van der Waals surface area contributed by atoms with E-state index in [2.05, 4.69) is 30.8 Å². The van der Waals surface area contributed by atoms with Crippen LogP contribution in [0.3, 0.4) is 0 Å². The Morgan fingerprint density at radius 3 is 2.50 bits per heavy atom. The second-order valence-electron chi connectivity index (χ2n) is 5.13. The molecule has 1 aromatic carbocycles. The monoisotopic (exact) mass is 212 g/mol. The third-order valence-electron chi connectivity index (χ3n) is 4.28. The van der Waals surface area contributed by atoms with Crippen LogP contribution in [0.4, 0.5) is 0 Å². The largest absolute Gasteiger partial charge is 0.300 e. The van der Waals surface area contributed by atoms with E-state index >= 15 is 0 Å². The van der Waals surface area contributed by atoms with Crippen molar-refractivity contribution in [3.63, 3.8) is 0 Å². The molecule has 0 bridgehead atoms. The molecular weight excluding hydrogens is 196 g/mol. The van der Waals surface area contributed by atoms with Crippen molar-refractivity contribution in [1.29, 1.82) is 0 Å². The molecule has 1 nitrogen and oxygen atoms in total. The van der Waals surface area contributed by atoms with E-state index in [-0.39, 0.29) is 5.41 Å². The summed E-state index contributed by atoms with van der Waals surface area (Å²) in [5.74, 6) is 0.425. The van der Waals surface area contributed by atoms with Crippen molar-refractivity contribution in [2.24, 2.45) is 5.41 Å². The number of rotatable bonds is 0. The summed E-state index contributed by atoms with van der Waals surface area (Å²) in [4.78, 5) is 11.4. The highest BCUT2D eigenvalue weighted by Gasteiger charge is 2.42. The molecule has 0 heterocycles. The smallest absolute Gasteiger partial charge is 0.132 e. The van der Waals surface area contributed by atoms with Gasteiger partial charge in [0.15, 0.2) is 0 Å². The van der Waals surface area contributed by atoms with Crippen molar-refractivity contribution in [3.8, 4) is 0 Å². The zero-order valence-corrected chi connectivity index (χ0v) is 9.46. The SMILES string of the molecule is C=C1c2ccccc2CC12CCC(=O)CC2. The van der Waals surface area contributed by atoms with Crippen LogP contribution in [-0.2, 0) is 11.2 Å². The lowest BCUT2D eigenvalue weighted by atomic mass is 9.69. The molecule has 1 spiro atoms. The Kier molecular flexibility index (Phi) is 2.03. The molecule has 0 radical (unpaired) electrons. The Balaban J connectivity index is 1.97. The molecule has 0 atom stereocenters. The van der Waals surface area contributed by atoms with Crippen LogP contribution in [0, 0.1) is 5.41 Å². The lowest BCUT2D eigenvalue weighted by Gasteiger charge is -2.34. The average Bonchev–Trinajstić information content (AvgIpc) is 2.58. The lowest BCUT2D eigenvalue weighted by molar-refractivity contribution is -0.121. The minimum atomic E-state index is 0.206. The molecule has 2 aliphatic rings. The van der Waals surface area contributed by atoms with Gasteiger partial charge in [0.25, 0.3) is 0 Å². The summed E-state index contributed by atoms with van der Waals surface area (Å²) in [6.07, 6.45) is 4.58. The lowest BCUT2D eigenvalue weighted by Crippen LogP contribution is -2.27. The number of fused-ring (bicyclic) bond motifs is 1. The van der Waals surface area contributed by atoms with E-state index in [9.17, 15) is 4.79 Å². The van der Waals surface area contributed by atoms with Gasteiger partial charge in [0.1, 0.15) is 5.78 Å². The van der Waals surface area contributed by atoms with Crippen LogP contribution >= 0.6 is 0 Å².